The van der Waals surface area contributed by atoms with Gasteiger partial charge in [0.05, 0.1) is 16.7 Å². The van der Waals surface area contributed by atoms with Gasteiger partial charge in [-0.15, -0.1) is 0 Å². The molecule has 0 aliphatic heterocycles. The van der Waals surface area contributed by atoms with E-state index in [1.165, 1.54) is 44.1 Å². The van der Waals surface area contributed by atoms with Gasteiger partial charge in [-0.1, -0.05) is 200 Å². The van der Waals surface area contributed by atoms with Gasteiger partial charge in [0, 0.05) is 49.7 Å². The molecule has 11 aromatic carbocycles. The van der Waals surface area contributed by atoms with Crippen LogP contribution in [0.3, 0.4) is 0 Å². The lowest BCUT2D eigenvalue weighted by atomic mass is 9.97. The minimum Gasteiger partial charge on any atom is -0.455 e. The molecule has 0 unspecified atom stereocenters. The lowest BCUT2D eigenvalue weighted by Crippen LogP contribution is -2.09. The van der Waals surface area contributed by atoms with E-state index in [2.05, 4.69) is 264 Å². The Balaban J connectivity index is 0.898. The molecule has 0 atom stereocenters. The summed E-state index contributed by atoms with van der Waals surface area (Å²) in [7, 11) is 0. The van der Waals surface area contributed by atoms with Gasteiger partial charge in [0.15, 0.2) is 0 Å². The van der Waals surface area contributed by atoms with Gasteiger partial charge in [-0.05, 0) is 111 Å². The first kappa shape index (κ1) is 40.1. The van der Waals surface area contributed by atoms with Crippen LogP contribution in [0, 0.1) is 0 Å². The van der Waals surface area contributed by atoms with Crippen LogP contribution in [0.1, 0.15) is 0 Å². The van der Waals surface area contributed by atoms with Crippen molar-refractivity contribution in [3.05, 3.63) is 267 Å². The highest BCUT2D eigenvalue weighted by atomic mass is 16.3. The maximum atomic E-state index is 6.44. The fourth-order valence-electron chi connectivity index (χ4n) is 10.3. The molecule has 3 nitrogen and oxygen atoms in total. The Labute approximate surface area is 401 Å². The van der Waals surface area contributed by atoms with Crippen LogP contribution >= 0.6 is 0 Å². The molecule has 3 heteroatoms. The van der Waals surface area contributed by atoms with Crippen molar-refractivity contribution in [2.75, 3.05) is 4.90 Å². The number of nitrogens with zero attached hydrogens (tertiary/aromatic N) is 2. The topological polar surface area (TPSA) is 21.3 Å². The van der Waals surface area contributed by atoms with Gasteiger partial charge in [-0.2, -0.15) is 0 Å². The smallest absolute Gasteiger partial charge is 0.143 e. The van der Waals surface area contributed by atoms with E-state index in [1.807, 2.05) is 12.1 Å². The average Bonchev–Trinajstić information content (AvgIpc) is 3.98. The molecule has 0 amide bonds. The molecule has 2 heterocycles. The Kier molecular flexibility index (Phi) is 9.84. The molecule has 0 radical (unpaired) electrons. The van der Waals surface area contributed by atoms with Gasteiger partial charge >= 0.3 is 0 Å². The number of fused-ring (bicyclic) bond motifs is 6. The molecule has 13 rings (SSSR count). The van der Waals surface area contributed by atoms with Gasteiger partial charge in [0.2, 0.25) is 0 Å². The molecule has 0 spiro atoms. The quantitative estimate of drug-likeness (QED) is 0.144. The summed E-state index contributed by atoms with van der Waals surface area (Å²) in [6, 6.07) is 96.1. The number of anilines is 3. The Hall–Kier alpha value is -9.18. The van der Waals surface area contributed by atoms with E-state index in [0.29, 0.717) is 0 Å². The van der Waals surface area contributed by atoms with Gasteiger partial charge in [0.25, 0.3) is 0 Å². The largest absolute Gasteiger partial charge is 0.455 e. The molecule has 0 N–H and O–H groups in total. The standard InChI is InChI=1S/C66H44N2O/c1-3-15-45(16-4-1)47-29-36-53(37-30-47)67(54-38-31-48(32-39-54)50-19-13-20-52(43-50)57-24-14-25-61-60-23-9-12-28-65(60)69-66(57)61)55-40-33-49(34-41-55)56-42-35-51(46-17-5-2-6-18-46)44-64(56)68-62-26-10-7-21-58(62)59-22-8-11-27-63(59)68/h1-44H. The maximum absolute atomic E-state index is 6.44. The van der Waals surface area contributed by atoms with Crippen molar-refractivity contribution in [3.8, 4) is 61.3 Å². The van der Waals surface area contributed by atoms with Gasteiger partial charge < -0.3 is 13.9 Å². The summed E-state index contributed by atoms with van der Waals surface area (Å²) in [6.45, 7) is 0. The number of rotatable bonds is 9. The van der Waals surface area contributed by atoms with E-state index in [9.17, 15) is 0 Å². The molecule has 13 aromatic rings. The SMILES string of the molecule is c1ccc(-c2ccc(N(c3ccc(-c4cccc(-c5cccc6c5oc5ccccc56)c4)cc3)c3ccc(-c4ccc(-c5ccccc5)cc4-n4c5ccccc5c5ccccc54)cc3)cc2)cc1. The van der Waals surface area contributed by atoms with Crippen LogP contribution in [0.5, 0.6) is 0 Å². The van der Waals surface area contributed by atoms with Crippen LogP contribution in [0.15, 0.2) is 271 Å². The van der Waals surface area contributed by atoms with Crippen LogP contribution in [0.25, 0.3) is 105 Å². The van der Waals surface area contributed by atoms with Crippen LogP contribution in [-0.2, 0) is 0 Å². The molecular formula is C66H44N2O. The summed E-state index contributed by atoms with van der Waals surface area (Å²) in [4.78, 5) is 2.35. The number of furan rings is 1. The Morgan fingerprint density at radius 2 is 0.710 bits per heavy atom. The Morgan fingerprint density at radius 1 is 0.275 bits per heavy atom. The van der Waals surface area contributed by atoms with Crippen LogP contribution < -0.4 is 4.90 Å². The number of hydrogen-bond acceptors (Lipinski definition) is 2. The lowest BCUT2D eigenvalue weighted by molar-refractivity contribution is 0.670. The third kappa shape index (κ3) is 7.16. The van der Waals surface area contributed by atoms with E-state index in [0.717, 1.165) is 78.1 Å². The zero-order valence-corrected chi connectivity index (χ0v) is 37.7. The zero-order valence-electron chi connectivity index (χ0n) is 37.7. The lowest BCUT2D eigenvalue weighted by Gasteiger charge is -2.26. The summed E-state index contributed by atoms with van der Waals surface area (Å²) in [6.07, 6.45) is 0. The molecule has 0 aliphatic rings. The average molecular weight is 881 g/mol. The van der Waals surface area contributed by atoms with Crippen molar-refractivity contribution >= 4 is 60.8 Å². The molecule has 324 valence electrons. The van der Waals surface area contributed by atoms with Crippen molar-refractivity contribution in [2.45, 2.75) is 0 Å². The second-order valence-corrected chi connectivity index (χ2v) is 17.7. The van der Waals surface area contributed by atoms with E-state index in [-0.39, 0.29) is 0 Å². The van der Waals surface area contributed by atoms with Gasteiger partial charge in [-0.3, -0.25) is 0 Å². The van der Waals surface area contributed by atoms with Crippen LogP contribution in [0.4, 0.5) is 17.1 Å². The first-order valence-electron chi connectivity index (χ1n) is 23.6. The molecule has 69 heavy (non-hydrogen) atoms. The summed E-state index contributed by atoms with van der Waals surface area (Å²) >= 11 is 0. The van der Waals surface area contributed by atoms with E-state index in [1.54, 1.807) is 0 Å². The van der Waals surface area contributed by atoms with Crippen molar-refractivity contribution in [1.29, 1.82) is 0 Å². The van der Waals surface area contributed by atoms with E-state index >= 15 is 0 Å². The third-order valence-electron chi connectivity index (χ3n) is 13.6. The number of hydrogen-bond donors (Lipinski definition) is 0. The highest BCUT2D eigenvalue weighted by molar-refractivity contribution is 6.11. The number of benzene rings is 11. The van der Waals surface area contributed by atoms with Crippen LogP contribution in [-0.4, -0.2) is 4.57 Å². The van der Waals surface area contributed by atoms with Crippen LogP contribution in [0.2, 0.25) is 0 Å². The molecule has 0 fully saturated rings. The summed E-state index contributed by atoms with van der Waals surface area (Å²) in [5.74, 6) is 0. The summed E-state index contributed by atoms with van der Waals surface area (Å²) < 4.78 is 8.88. The second-order valence-electron chi connectivity index (χ2n) is 17.7. The third-order valence-corrected chi connectivity index (χ3v) is 13.6. The van der Waals surface area contributed by atoms with Gasteiger partial charge in [-0.25, -0.2) is 0 Å². The highest BCUT2D eigenvalue weighted by Crippen LogP contribution is 2.42. The Bertz CT molecular complexity index is 3930. The molecule has 2 aromatic heterocycles. The molecule has 0 saturated carbocycles. The first-order valence-corrected chi connectivity index (χ1v) is 23.6. The van der Waals surface area contributed by atoms with E-state index < -0.39 is 0 Å². The highest BCUT2D eigenvalue weighted by Gasteiger charge is 2.19. The molecule has 0 bridgehead atoms. The predicted octanol–water partition coefficient (Wildman–Crippen LogP) is 18.5. The molecular weight excluding hydrogens is 837 g/mol. The predicted molar refractivity (Wildman–Crippen MR) is 290 cm³/mol. The van der Waals surface area contributed by atoms with Crippen molar-refractivity contribution in [3.63, 3.8) is 0 Å². The minimum atomic E-state index is 0.905. The minimum absolute atomic E-state index is 0.905. The summed E-state index contributed by atoms with van der Waals surface area (Å²) in [5.41, 5.74) is 20.1. The Morgan fingerprint density at radius 3 is 1.35 bits per heavy atom. The first-order chi connectivity index (χ1) is 34.2. The van der Waals surface area contributed by atoms with Crippen molar-refractivity contribution in [1.82, 2.24) is 4.57 Å². The fourth-order valence-corrected chi connectivity index (χ4v) is 10.3. The fraction of sp³-hybridized carbons (Fsp3) is 0. The monoisotopic (exact) mass is 880 g/mol. The molecule has 0 aliphatic carbocycles. The van der Waals surface area contributed by atoms with E-state index in [4.69, 9.17) is 4.42 Å². The van der Waals surface area contributed by atoms with Crippen molar-refractivity contribution < 1.29 is 4.42 Å². The normalized spacial score (nSPS) is 11.5. The zero-order chi connectivity index (χ0) is 45.7. The second kappa shape index (κ2) is 16.9. The maximum Gasteiger partial charge on any atom is 0.143 e. The molecule has 0 saturated heterocycles. The number of para-hydroxylation sites is 4. The van der Waals surface area contributed by atoms with Gasteiger partial charge in [0.1, 0.15) is 11.2 Å². The summed E-state index contributed by atoms with van der Waals surface area (Å²) in [5, 5.41) is 4.75. The number of aromatic nitrogens is 1. The van der Waals surface area contributed by atoms with Crippen molar-refractivity contribution in [2.24, 2.45) is 0 Å².